The Morgan fingerprint density at radius 1 is 0.268 bits per heavy atom. The summed E-state index contributed by atoms with van der Waals surface area (Å²) in [5.41, 5.74) is 10.1. The Morgan fingerprint density at radius 2 is 0.821 bits per heavy atom. The van der Waals surface area contributed by atoms with Gasteiger partial charge in [-0.2, -0.15) is 0 Å². The van der Waals surface area contributed by atoms with E-state index in [9.17, 15) is 0 Å². The van der Waals surface area contributed by atoms with Crippen molar-refractivity contribution < 1.29 is 0 Å². The van der Waals surface area contributed by atoms with E-state index in [1.165, 1.54) is 62.6 Å². The van der Waals surface area contributed by atoms with Gasteiger partial charge in [0, 0.05) is 57.0 Å². The molecule has 0 aliphatic carbocycles. The number of hydrogen-bond donors (Lipinski definition) is 0. The third kappa shape index (κ3) is 5.68. The molecule has 56 heavy (non-hydrogen) atoms. The fraction of sp³-hybridized carbons (Fsp3) is 0. The molecule has 262 valence electrons. The minimum absolute atomic E-state index is 0.649. The van der Waals surface area contributed by atoms with Gasteiger partial charge in [-0.05, 0) is 69.8 Å². The summed E-state index contributed by atoms with van der Waals surface area (Å²) >= 11 is 3.67. The molecule has 3 aromatic heterocycles. The molecule has 0 radical (unpaired) electrons. The van der Waals surface area contributed by atoms with E-state index >= 15 is 0 Å². The summed E-state index contributed by atoms with van der Waals surface area (Å²) in [5.74, 6) is 1.95. The number of rotatable bonds is 6. The van der Waals surface area contributed by atoms with Gasteiger partial charge in [-0.1, -0.05) is 152 Å². The highest BCUT2D eigenvalue weighted by Gasteiger charge is 2.18. The zero-order valence-corrected chi connectivity index (χ0v) is 31.7. The molecule has 11 aromatic rings. The first-order valence-corrected chi connectivity index (χ1v) is 20.3. The molecule has 5 heteroatoms. The standard InChI is InChI=1S/C51H31N3S2/c1-3-13-32(14-4-1)34-17-11-18-36(29-34)50-52-49(33-15-5-2-6-16-33)53-51(54-50)37-25-27-42-47(31-37)56-46-24-12-22-41(48(42)46)39-20-8-7-19-38(39)35-26-28-45-43(30-35)40-21-9-10-23-44(40)55-45/h1-31H. The van der Waals surface area contributed by atoms with Gasteiger partial charge in [-0.25, -0.2) is 15.0 Å². The van der Waals surface area contributed by atoms with Gasteiger partial charge < -0.3 is 0 Å². The lowest BCUT2D eigenvalue weighted by Gasteiger charge is -2.12. The molecule has 0 fully saturated rings. The molecule has 0 atom stereocenters. The smallest absolute Gasteiger partial charge is 0.164 e. The van der Waals surface area contributed by atoms with Crippen molar-refractivity contribution in [2.24, 2.45) is 0 Å². The fourth-order valence-electron chi connectivity index (χ4n) is 7.87. The van der Waals surface area contributed by atoms with Crippen LogP contribution in [0.3, 0.4) is 0 Å². The summed E-state index contributed by atoms with van der Waals surface area (Å²) in [6.45, 7) is 0. The van der Waals surface area contributed by atoms with Crippen LogP contribution in [0, 0.1) is 0 Å². The maximum atomic E-state index is 5.12. The average Bonchev–Trinajstić information content (AvgIpc) is 3.85. The summed E-state index contributed by atoms with van der Waals surface area (Å²) in [4.78, 5) is 15.2. The minimum Gasteiger partial charge on any atom is -0.208 e. The largest absolute Gasteiger partial charge is 0.208 e. The van der Waals surface area contributed by atoms with Gasteiger partial charge >= 0.3 is 0 Å². The molecule has 0 N–H and O–H groups in total. The zero-order chi connectivity index (χ0) is 37.0. The van der Waals surface area contributed by atoms with Crippen molar-refractivity contribution in [2.75, 3.05) is 0 Å². The van der Waals surface area contributed by atoms with E-state index in [0.29, 0.717) is 17.5 Å². The van der Waals surface area contributed by atoms with E-state index in [1.54, 1.807) is 0 Å². The fourth-order valence-corrected chi connectivity index (χ4v) is 10.1. The Kier molecular flexibility index (Phi) is 7.87. The summed E-state index contributed by atoms with van der Waals surface area (Å²) in [5, 5.41) is 5.13. The highest BCUT2D eigenvalue weighted by atomic mass is 32.1. The van der Waals surface area contributed by atoms with E-state index in [1.807, 2.05) is 46.9 Å². The lowest BCUT2D eigenvalue weighted by atomic mass is 9.91. The van der Waals surface area contributed by atoms with Crippen LogP contribution in [0.1, 0.15) is 0 Å². The molecular formula is C51H31N3S2. The van der Waals surface area contributed by atoms with E-state index in [4.69, 9.17) is 15.0 Å². The van der Waals surface area contributed by atoms with Crippen LogP contribution < -0.4 is 0 Å². The summed E-state index contributed by atoms with van der Waals surface area (Å²) in [6.07, 6.45) is 0. The lowest BCUT2D eigenvalue weighted by Crippen LogP contribution is -2.00. The second-order valence-corrected chi connectivity index (χ2v) is 16.1. The van der Waals surface area contributed by atoms with Crippen molar-refractivity contribution in [3.63, 3.8) is 0 Å². The van der Waals surface area contributed by atoms with E-state index < -0.39 is 0 Å². The molecule has 0 bridgehead atoms. The molecule has 0 saturated carbocycles. The Balaban J connectivity index is 1.04. The van der Waals surface area contributed by atoms with Crippen LogP contribution in [0.15, 0.2) is 188 Å². The molecule has 0 saturated heterocycles. The first-order valence-electron chi connectivity index (χ1n) is 18.7. The molecule has 3 nitrogen and oxygen atoms in total. The van der Waals surface area contributed by atoms with Crippen LogP contribution in [0.5, 0.6) is 0 Å². The van der Waals surface area contributed by atoms with Gasteiger partial charge in [0.05, 0.1) is 0 Å². The number of hydrogen-bond acceptors (Lipinski definition) is 5. The minimum atomic E-state index is 0.649. The molecular weight excluding hydrogens is 719 g/mol. The second kappa shape index (κ2) is 13.5. The molecule has 11 rings (SSSR count). The van der Waals surface area contributed by atoms with Gasteiger partial charge in [0.1, 0.15) is 0 Å². The SMILES string of the molecule is c1ccc(-c2cccc(-c3nc(-c4ccccc4)nc(-c4ccc5c(c4)sc4cccc(-c6ccccc6-c6ccc7sc8ccccc8c7c6)c45)n3)c2)cc1. The van der Waals surface area contributed by atoms with Gasteiger partial charge in [0.15, 0.2) is 17.5 Å². The number of aromatic nitrogens is 3. The molecule has 0 aliphatic heterocycles. The van der Waals surface area contributed by atoms with Crippen LogP contribution in [-0.2, 0) is 0 Å². The maximum Gasteiger partial charge on any atom is 0.164 e. The monoisotopic (exact) mass is 749 g/mol. The van der Waals surface area contributed by atoms with Crippen molar-refractivity contribution in [1.82, 2.24) is 15.0 Å². The van der Waals surface area contributed by atoms with Crippen LogP contribution in [-0.4, -0.2) is 15.0 Å². The summed E-state index contributed by atoms with van der Waals surface area (Å²) in [7, 11) is 0. The van der Waals surface area contributed by atoms with Crippen molar-refractivity contribution in [2.45, 2.75) is 0 Å². The van der Waals surface area contributed by atoms with Gasteiger partial charge in [-0.3, -0.25) is 0 Å². The first-order chi connectivity index (χ1) is 27.7. The third-order valence-corrected chi connectivity index (χ3v) is 12.8. The average molecular weight is 750 g/mol. The van der Waals surface area contributed by atoms with Crippen molar-refractivity contribution in [3.05, 3.63) is 188 Å². The van der Waals surface area contributed by atoms with Crippen molar-refractivity contribution >= 4 is 63.0 Å². The predicted octanol–water partition coefficient (Wildman–Crippen LogP) is 14.6. The molecule has 0 spiro atoms. The normalized spacial score (nSPS) is 11.6. The molecule has 0 aliphatic rings. The van der Waals surface area contributed by atoms with Gasteiger partial charge in [-0.15, -0.1) is 22.7 Å². The number of benzene rings is 8. The maximum absolute atomic E-state index is 5.12. The van der Waals surface area contributed by atoms with E-state index in [-0.39, 0.29) is 0 Å². The van der Waals surface area contributed by atoms with Crippen LogP contribution in [0.25, 0.3) is 108 Å². The van der Waals surface area contributed by atoms with Crippen LogP contribution in [0.4, 0.5) is 0 Å². The zero-order valence-electron chi connectivity index (χ0n) is 30.1. The Hall–Kier alpha value is -6.79. The summed E-state index contributed by atoms with van der Waals surface area (Å²) < 4.78 is 5.09. The number of nitrogens with zero attached hydrogens (tertiary/aromatic N) is 3. The van der Waals surface area contributed by atoms with Crippen molar-refractivity contribution in [3.8, 4) is 67.5 Å². The molecule has 8 aromatic carbocycles. The number of fused-ring (bicyclic) bond motifs is 6. The molecule has 3 heterocycles. The highest BCUT2D eigenvalue weighted by Crippen LogP contribution is 2.45. The summed E-state index contributed by atoms with van der Waals surface area (Å²) in [6, 6.07) is 66.9. The van der Waals surface area contributed by atoms with Crippen molar-refractivity contribution in [1.29, 1.82) is 0 Å². The van der Waals surface area contributed by atoms with E-state index in [0.717, 1.165) is 27.8 Å². The molecule has 0 amide bonds. The molecule has 0 unspecified atom stereocenters. The third-order valence-electron chi connectivity index (χ3n) is 10.6. The Morgan fingerprint density at radius 3 is 1.64 bits per heavy atom. The quantitative estimate of drug-likeness (QED) is 0.170. The second-order valence-electron chi connectivity index (χ2n) is 14.0. The first kappa shape index (κ1) is 32.6. The van der Waals surface area contributed by atoms with Gasteiger partial charge in [0.25, 0.3) is 0 Å². The van der Waals surface area contributed by atoms with Crippen LogP contribution in [0.2, 0.25) is 0 Å². The number of thiophene rings is 2. The predicted molar refractivity (Wildman–Crippen MR) is 238 cm³/mol. The van der Waals surface area contributed by atoms with E-state index in [2.05, 4.69) is 164 Å². The van der Waals surface area contributed by atoms with Gasteiger partial charge in [0.2, 0.25) is 0 Å². The topological polar surface area (TPSA) is 38.7 Å². The van der Waals surface area contributed by atoms with Crippen LogP contribution >= 0.6 is 22.7 Å². The highest BCUT2D eigenvalue weighted by molar-refractivity contribution is 7.26. The Bertz CT molecular complexity index is 3250. The lowest BCUT2D eigenvalue weighted by molar-refractivity contribution is 1.07. The Labute approximate surface area is 331 Å².